The smallest absolute Gasteiger partial charge is 0.216 e. The third-order valence-electron chi connectivity index (χ3n) is 8.06. The van der Waals surface area contributed by atoms with Crippen LogP contribution in [0, 0.1) is 30.2 Å². The monoisotopic (exact) mass is 673 g/mol. The Labute approximate surface area is 281 Å². The molecule has 4 aromatic rings. The van der Waals surface area contributed by atoms with E-state index in [2.05, 4.69) is 84.5 Å². The summed E-state index contributed by atoms with van der Waals surface area (Å²) in [6.45, 7) is 14.9. The van der Waals surface area contributed by atoms with Gasteiger partial charge in [-0.05, 0) is 35.8 Å². The van der Waals surface area contributed by atoms with Crippen molar-refractivity contribution in [2.45, 2.75) is 71.9 Å². The molecule has 1 aliphatic rings. The molecule has 1 saturated heterocycles. The molecule has 0 spiro atoms. The number of rotatable bonds is 12. The lowest BCUT2D eigenvalue weighted by molar-refractivity contribution is -0.203. The average Bonchev–Trinajstić information content (AvgIpc) is 3.67. The number of thiazole rings is 2. The Morgan fingerprint density at radius 2 is 1.63 bits per heavy atom. The molecule has 7 nitrogen and oxygen atoms in total. The van der Waals surface area contributed by atoms with Gasteiger partial charge in [0.1, 0.15) is 14.2 Å². The van der Waals surface area contributed by atoms with Crippen LogP contribution in [0.2, 0.25) is 19.6 Å². The molecule has 0 unspecified atom stereocenters. The van der Waals surface area contributed by atoms with E-state index in [0.29, 0.717) is 52.0 Å². The lowest BCUT2D eigenvalue weighted by atomic mass is 9.81. The minimum atomic E-state index is -1.54. The van der Waals surface area contributed by atoms with Crippen molar-refractivity contribution in [2.24, 2.45) is 11.8 Å². The van der Waals surface area contributed by atoms with Crippen LogP contribution in [0.1, 0.15) is 50.2 Å². The second kappa shape index (κ2) is 15.6. The number of benzene rings is 2. The molecule has 2 aromatic carbocycles. The van der Waals surface area contributed by atoms with Gasteiger partial charge in [-0.25, -0.2) is 9.97 Å². The highest BCUT2D eigenvalue weighted by Gasteiger charge is 2.42. The van der Waals surface area contributed by atoms with Gasteiger partial charge in [-0.2, -0.15) is 0 Å². The standard InChI is InChI=1S/C36H43N3O4S2Si/c1-24-25(2)34(42-22-28-15-11-8-12-16-28)30(23-41-21-27-13-9-7-10-14-27)43-29(24)19-37-36-38-20-31(44-36)33(40)35-26(3)39-32(45-35)17-18-46(4,5)6/h7-16,20,24-25,29-30,34H,19,21-23H2,1-6H3,(H,37,38)/t24-,25+,29+,30+,34-/m0/s1. The molecule has 10 heteroatoms. The van der Waals surface area contributed by atoms with Crippen LogP contribution in [0.25, 0.3) is 0 Å². The van der Waals surface area contributed by atoms with Crippen LogP contribution >= 0.6 is 22.7 Å². The van der Waals surface area contributed by atoms with Crippen molar-refractivity contribution >= 4 is 41.7 Å². The molecule has 0 radical (unpaired) electrons. The minimum Gasteiger partial charge on any atom is -0.374 e. The Balaban J connectivity index is 1.23. The number of nitrogens with one attached hydrogen (secondary N) is 1. The molecule has 3 heterocycles. The van der Waals surface area contributed by atoms with E-state index in [4.69, 9.17) is 14.2 Å². The molecule has 1 N–H and O–H groups in total. The predicted octanol–water partition coefficient (Wildman–Crippen LogP) is 7.62. The highest BCUT2D eigenvalue weighted by atomic mass is 32.1. The fraction of sp³-hybridized carbons (Fsp3) is 0.417. The zero-order chi connectivity index (χ0) is 32.7. The van der Waals surface area contributed by atoms with E-state index in [1.807, 2.05) is 43.3 Å². The van der Waals surface area contributed by atoms with Gasteiger partial charge in [0.25, 0.3) is 0 Å². The summed E-state index contributed by atoms with van der Waals surface area (Å²) < 4.78 is 19.4. The van der Waals surface area contributed by atoms with E-state index in [1.54, 1.807) is 6.20 Å². The summed E-state index contributed by atoms with van der Waals surface area (Å²) in [5.74, 6) is 3.56. The fourth-order valence-corrected chi connectivity index (χ4v) is 7.62. The minimum absolute atomic E-state index is 0.0634. The molecule has 242 valence electrons. The lowest BCUT2D eigenvalue weighted by Crippen LogP contribution is -2.53. The summed E-state index contributed by atoms with van der Waals surface area (Å²) in [5, 5.41) is 4.82. The summed E-state index contributed by atoms with van der Waals surface area (Å²) in [5.41, 5.74) is 6.30. The van der Waals surface area contributed by atoms with Crippen LogP contribution < -0.4 is 5.32 Å². The van der Waals surface area contributed by atoms with Crippen molar-refractivity contribution in [3.63, 3.8) is 0 Å². The second-order valence-electron chi connectivity index (χ2n) is 12.9. The quantitative estimate of drug-likeness (QED) is 0.0941. The van der Waals surface area contributed by atoms with Crippen molar-refractivity contribution in [1.29, 1.82) is 0 Å². The summed E-state index contributed by atoms with van der Waals surface area (Å²) >= 11 is 2.71. The SMILES string of the molecule is Cc1nc(C#C[Si](C)(C)C)sc1C(=O)c1cnc(NC[C@H]2O[C@H](COCc3ccccc3)[C@@H](OCc3ccccc3)[C@H](C)[C@@H]2C)s1. The van der Waals surface area contributed by atoms with Gasteiger partial charge in [-0.3, -0.25) is 4.79 Å². The van der Waals surface area contributed by atoms with Gasteiger partial charge < -0.3 is 19.5 Å². The van der Waals surface area contributed by atoms with Crippen LogP contribution in [0.15, 0.2) is 66.9 Å². The summed E-state index contributed by atoms with van der Waals surface area (Å²) in [7, 11) is -1.54. The Morgan fingerprint density at radius 1 is 0.957 bits per heavy atom. The Kier molecular flexibility index (Phi) is 11.6. The molecule has 0 bridgehead atoms. The first-order chi connectivity index (χ1) is 22.1. The Bertz CT molecular complexity index is 1640. The molecule has 1 aliphatic heterocycles. The molecule has 5 rings (SSSR count). The van der Waals surface area contributed by atoms with Crippen molar-refractivity contribution in [1.82, 2.24) is 9.97 Å². The predicted molar refractivity (Wildman–Crippen MR) is 189 cm³/mol. The molecular formula is C36H43N3O4S2Si. The van der Waals surface area contributed by atoms with Gasteiger partial charge in [0, 0.05) is 6.54 Å². The van der Waals surface area contributed by atoms with Crippen molar-refractivity contribution in [2.75, 3.05) is 18.5 Å². The highest BCUT2D eigenvalue weighted by Crippen LogP contribution is 2.34. The second-order valence-corrected chi connectivity index (χ2v) is 19.6. The summed E-state index contributed by atoms with van der Waals surface area (Å²) in [4.78, 5) is 23.6. The van der Waals surface area contributed by atoms with E-state index in [-0.39, 0.29) is 35.9 Å². The maximum atomic E-state index is 13.4. The summed E-state index contributed by atoms with van der Waals surface area (Å²) in [6, 6.07) is 20.4. The number of aryl methyl sites for hydroxylation is 1. The van der Waals surface area contributed by atoms with Crippen LogP contribution in [-0.4, -0.2) is 55.3 Å². The number of carbonyl (C=O) groups is 1. The van der Waals surface area contributed by atoms with E-state index in [0.717, 1.165) is 11.1 Å². The molecule has 0 aliphatic carbocycles. The van der Waals surface area contributed by atoms with Crippen molar-refractivity contribution < 1.29 is 19.0 Å². The number of hydrogen-bond donors (Lipinski definition) is 1. The molecule has 5 atom stereocenters. The largest absolute Gasteiger partial charge is 0.374 e. The van der Waals surface area contributed by atoms with Gasteiger partial charge in [0.2, 0.25) is 5.78 Å². The van der Waals surface area contributed by atoms with Crippen LogP contribution in [0.5, 0.6) is 0 Å². The normalized spacial score (nSPS) is 21.4. The molecule has 46 heavy (non-hydrogen) atoms. The highest BCUT2D eigenvalue weighted by molar-refractivity contribution is 7.19. The first-order valence-electron chi connectivity index (χ1n) is 15.7. The van der Waals surface area contributed by atoms with Crippen LogP contribution in [0.3, 0.4) is 0 Å². The van der Waals surface area contributed by atoms with E-state index < -0.39 is 8.07 Å². The van der Waals surface area contributed by atoms with Crippen LogP contribution in [0.4, 0.5) is 5.13 Å². The van der Waals surface area contributed by atoms with Crippen molar-refractivity contribution in [3.05, 3.63) is 98.4 Å². The number of nitrogens with zero attached hydrogens (tertiary/aromatic N) is 2. The number of anilines is 1. The van der Waals surface area contributed by atoms with Gasteiger partial charge in [-0.15, -0.1) is 16.9 Å². The third kappa shape index (κ3) is 9.22. The average molecular weight is 674 g/mol. The van der Waals surface area contributed by atoms with Crippen LogP contribution in [-0.2, 0) is 27.4 Å². The Hall–Kier alpha value is -3.17. The molecule has 0 amide bonds. The fourth-order valence-electron chi connectivity index (χ4n) is 5.33. The number of ketones is 1. The van der Waals surface area contributed by atoms with E-state index in [1.165, 1.54) is 22.7 Å². The van der Waals surface area contributed by atoms with Gasteiger partial charge in [-0.1, -0.05) is 105 Å². The first-order valence-corrected chi connectivity index (χ1v) is 20.9. The van der Waals surface area contributed by atoms with Gasteiger partial charge >= 0.3 is 0 Å². The maximum absolute atomic E-state index is 13.4. The van der Waals surface area contributed by atoms with E-state index in [9.17, 15) is 4.79 Å². The molecular weight excluding hydrogens is 631 g/mol. The number of carbonyl (C=O) groups excluding carboxylic acids is 1. The third-order valence-corrected chi connectivity index (χ3v) is 11.0. The number of ether oxygens (including phenoxy) is 3. The Morgan fingerprint density at radius 3 is 2.30 bits per heavy atom. The molecule has 2 aromatic heterocycles. The van der Waals surface area contributed by atoms with Crippen molar-refractivity contribution in [3.8, 4) is 11.5 Å². The number of aromatic nitrogens is 2. The van der Waals surface area contributed by atoms with E-state index >= 15 is 0 Å². The maximum Gasteiger partial charge on any atom is 0.216 e. The van der Waals surface area contributed by atoms with Gasteiger partial charge in [0.05, 0.1) is 53.7 Å². The molecule has 1 fully saturated rings. The zero-order valence-electron chi connectivity index (χ0n) is 27.4. The van der Waals surface area contributed by atoms with Gasteiger partial charge in [0.15, 0.2) is 10.1 Å². The first kappa shape index (κ1) is 34.2. The topological polar surface area (TPSA) is 82.6 Å². The summed E-state index contributed by atoms with van der Waals surface area (Å²) in [6.07, 6.45) is 1.21. The lowest BCUT2D eigenvalue weighted by Gasteiger charge is -2.44. The number of hydrogen-bond acceptors (Lipinski definition) is 9. The molecule has 0 saturated carbocycles. The zero-order valence-corrected chi connectivity index (χ0v) is 30.0.